The number of aliphatic carboxylic acids is 15. The summed E-state index contributed by atoms with van der Waals surface area (Å²) in [6, 6.07) is 0. The molecule has 0 saturated heterocycles. The third-order valence-corrected chi connectivity index (χ3v) is 7.82. The molecular weight excluding hydrogens is 1080 g/mol. The Kier molecular flexibility index (Phi) is 53.7. The van der Waals surface area contributed by atoms with E-state index in [1.807, 2.05) is 0 Å². The van der Waals surface area contributed by atoms with Crippen molar-refractivity contribution in [2.24, 2.45) is 5.92 Å². The molecule has 2 unspecified atom stereocenters. The standard InChI is InChI=1S/3C10H16N2O8.C6H8O7.3Na/c3*13-7(14)3-11(4-8(15)16)1-2-12(5-9(17)18)6-10(19)20;7-3(8)1-2(5(10)11)4(9)6(12)13;;;/h3*1-6H2,(H,13,14)(H,15,16)(H,17,18)(H,19,20);2,4,9H,1H2,(H,7,8)(H,10,11)(H,12,13);;;/q;;;;3*+1/p-3. The molecule has 40 heteroatoms. The third kappa shape index (κ3) is 58.0. The van der Waals surface area contributed by atoms with E-state index in [9.17, 15) is 87.2 Å². The predicted octanol–water partition coefficient (Wildman–Crippen LogP) is -20.6. The summed E-state index contributed by atoms with van der Waals surface area (Å²) in [6.07, 6.45) is -3.56. The zero-order chi connectivity index (χ0) is 57.7. The quantitative estimate of drug-likeness (QED) is 0.0255. The Labute approximate surface area is 493 Å². The number of hydrogen-bond donors (Lipinski definition) is 13. The van der Waals surface area contributed by atoms with Crippen LogP contribution in [0.3, 0.4) is 0 Å². The first-order valence-electron chi connectivity index (χ1n) is 19.7. The number of hydrogen-bond acceptors (Lipinski definition) is 25. The summed E-state index contributed by atoms with van der Waals surface area (Å²) in [5.74, 6) is -22.6. The molecule has 0 aliphatic rings. The average Bonchev–Trinajstić information content (AvgIpc) is 3.17. The Morgan fingerprint density at radius 3 is 0.487 bits per heavy atom. The average molecular weight is 1130 g/mol. The van der Waals surface area contributed by atoms with E-state index < -0.39 is 187 Å². The number of aliphatic hydroxyl groups excluding tert-OH is 1. The van der Waals surface area contributed by atoms with Crippen LogP contribution in [0.4, 0.5) is 0 Å². The molecule has 0 bridgehead atoms. The summed E-state index contributed by atoms with van der Waals surface area (Å²) in [5.41, 5.74) is 0. The maximum Gasteiger partial charge on any atom is 1.00 e. The first-order chi connectivity index (χ1) is 33.5. The fourth-order valence-corrected chi connectivity index (χ4v) is 5.10. The van der Waals surface area contributed by atoms with Gasteiger partial charge in [-0.3, -0.25) is 86.9 Å². The van der Waals surface area contributed by atoms with Crippen molar-refractivity contribution in [2.75, 3.05) is 118 Å². The zero-order valence-corrected chi connectivity index (χ0v) is 46.9. The van der Waals surface area contributed by atoms with Crippen molar-refractivity contribution in [1.82, 2.24) is 29.4 Å². The second-order valence-electron chi connectivity index (χ2n) is 14.3. The molecule has 0 aromatic heterocycles. The molecule has 0 amide bonds. The van der Waals surface area contributed by atoms with Crippen molar-refractivity contribution in [3.8, 4) is 0 Å². The second-order valence-corrected chi connectivity index (χ2v) is 14.3. The van der Waals surface area contributed by atoms with E-state index in [1.165, 1.54) is 0 Å². The van der Waals surface area contributed by atoms with Gasteiger partial charge < -0.3 is 96.1 Å². The summed E-state index contributed by atoms with van der Waals surface area (Å²) in [7, 11) is 0. The first kappa shape index (κ1) is 84.7. The maximum atomic E-state index is 10.6. The SMILES string of the molecule is O=C(O)CN(CCN(CC(=O)O)CC(=O)O)CC(=O)O.O=C(O)CN(CCN(CC(=O)O)CC(=O)O)CC(=O)O.O=C(O)CN(CCN(CC(=O)O)CC(=O)O)CC(=O)O.O=C([O-])CC(C(=O)[O-])C(O)C(=O)[O-].[Na+].[Na+].[Na+]. The van der Waals surface area contributed by atoms with Gasteiger partial charge >= 0.3 is 160 Å². The minimum absolute atomic E-state index is 0. The van der Waals surface area contributed by atoms with Gasteiger partial charge in [0.15, 0.2) is 0 Å². The van der Waals surface area contributed by atoms with Gasteiger partial charge in [0.1, 0.15) is 6.10 Å². The topological polar surface area (TPSA) is 608 Å². The molecule has 0 aromatic carbocycles. The molecule has 2 atom stereocenters. The van der Waals surface area contributed by atoms with Crippen LogP contribution in [0, 0.1) is 5.92 Å². The van der Waals surface area contributed by atoms with E-state index in [2.05, 4.69) is 0 Å². The molecule has 76 heavy (non-hydrogen) atoms. The van der Waals surface area contributed by atoms with Gasteiger partial charge in [0.2, 0.25) is 0 Å². The van der Waals surface area contributed by atoms with Crippen molar-refractivity contribution < 1.29 is 242 Å². The van der Waals surface area contributed by atoms with Gasteiger partial charge in [-0.05, 0) is 6.42 Å². The number of carbonyl (C=O) groups excluding carboxylic acids is 3. The molecule has 416 valence electrons. The van der Waals surface area contributed by atoms with Crippen molar-refractivity contribution in [3.05, 3.63) is 0 Å². The number of nitrogens with zero attached hydrogens (tertiary/aromatic N) is 6. The van der Waals surface area contributed by atoms with Crippen LogP contribution in [0.2, 0.25) is 0 Å². The van der Waals surface area contributed by atoms with E-state index in [0.29, 0.717) is 0 Å². The Bertz CT molecular complexity index is 1560. The fourth-order valence-electron chi connectivity index (χ4n) is 5.10. The van der Waals surface area contributed by atoms with Crippen LogP contribution in [-0.4, -0.2) is 309 Å². The van der Waals surface area contributed by atoms with Gasteiger partial charge in [0.25, 0.3) is 0 Å². The van der Waals surface area contributed by atoms with Gasteiger partial charge in [-0.15, -0.1) is 0 Å². The molecule has 0 fully saturated rings. The van der Waals surface area contributed by atoms with Gasteiger partial charge in [0.05, 0.1) is 84.5 Å². The van der Waals surface area contributed by atoms with Crippen molar-refractivity contribution in [3.63, 3.8) is 0 Å². The molecule has 37 nitrogen and oxygen atoms in total. The van der Waals surface area contributed by atoms with Crippen LogP contribution in [0.15, 0.2) is 0 Å². The molecule has 0 saturated carbocycles. The maximum absolute atomic E-state index is 10.6. The molecule has 0 radical (unpaired) electrons. The van der Waals surface area contributed by atoms with Crippen LogP contribution in [-0.2, 0) is 71.9 Å². The molecule has 0 heterocycles. The van der Waals surface area contributed by atoms with E-state index >= 15 is 0 Å². The summed E-state index contributed by atoms with van der Waals surface area (Å²) in [5, 5.41) is 142. The normalized spacial score (nSPS) is 10.9. The number of rotatable bonds is 38. The fraction of sp³-hybridized carbons (Fsp3) is 0.583. The Hall–Kier alpha value is -5.23. The third-order valence-electron chi connectivity index (χ3n) is 7.82. The van der Waals surface area contributed by atoms with Crippen LogP contribution in [0.25, 0.3) is 0 Å². The predicted molar refractivity (Wildman–Crippen MR) is 219 cm³/mol. The monoisotopic (exact) mass is 1130 g/mol. The minimum atomic E-state index is -2.41. The van der Waals surface area contributed by atoms with Crippen molar-refractivity contribution in [2.45, 2.75) is 12.5 Å². The van der Waals surface area contributed by atoms with E-state index in [1.54, 1.807) is 0 Å². The van der Waals surface area contributed by atoms with Crippen LogP contribution in [0.5, 0.6) is 0 Å². The van der Waals surface area contributed by atoms with Gasteiger partial charge in [-0.25, -0.2) is 0 Å². The largest absolute Gasteiger partial charge is 1.00 e. The van der Waals surface area contributed by atoms with E-state index in [4.69, 9.17) is 66.4 Å². The zero-order valence-electron chi connectivity index (χ0n) is 40.9. The van der Waals surface area contributed by atoms with Crippen molar-refractivity contribution in [1.29, 1.82) is 0 Å². The van der Waals surface area contributed by atoms with Crippen molar-refractivity contribution >= 4 is 89.5 Å². The minimum Gasteiger partial charge on any atom is -0.550 e. The Morgan fingerprint density at radius 1 is 0.276 bits per heavy atom. The van der Waals surface area contributed by atoms with Gasteiger partial charge in [-0.2, -0.15) is 0 Å². The molecule has 13 N–H and O–H groups in total. The Balaban J connectivity index is -0.000000167. The number of aliphatic hydroxyl groups is 1. The molecule has 0 rings (SSSR count). The van der Waals surface area contributed by atoms with Gasteiger partial charge in [-0.1, -0.05) is 0 Å². The molecule has 0 spiro atoms. The Morgan fingerprint density at radius 2 is 0.408 bits per heavy atom. The summed E-state index contributed by atoms with van der Waals surface area (Å²) < 4.78 is 0. The smallest absolute Gasteiger partial charge is 0.550 e. The number of carboxylic acids is 15. The first-order valence-corrected chi connectivity index (χ1v) is 19.7. The molecular formula is C36H53N6Na3O31. The molecule has 0 aromatic rings. The van der Waals surface area contributed by atoms with Crippen LogP contribution in [0.1, 0.15) is 6.42 Å². The second kappa shape index (κ2) is 48.2. The number of carbonyl (C=O) groups is 15. The van der Waals surface area contributed by atoms with E-state index in [-0.39, 0.29) is 128 Å². The van der Waals surface area contributed by atoms with Crippen LogP contribution >= 0.6 is 0 Å². The summed E-state index contributed by atoms with van der Waals surface area (Å²) in [4.78, 5) is 163. The van der Waals surface area contributed by atoms with Gasteiger partial charge in [0, 0.05) is 57.1 Å². The van der Waals surface area contributed by atoms with E-state index in [0.717, 1.165) is 29.4 Å². The summed E-state index contributed by atoms with van der Waals surface area (Å²) >= 11 is 0. The van der Waals surface area contributed by atoms with Crippen LogP contribution < -0.4 is 104 Å². The summed E-state index contributed by atoms with van der Waals surface area (Å²) in [6.45, 7) is -6.75. The number of carboxylic acid groups (broad SMARTS) is 15. The molecule has 0 aliphatic heterocycles. The molecule has 0 aliphatic carbocycles.